The molecule has 0 aliphatic carbocycles. The zero-order chi connectivity index (χ0) is 19.3. The number of ether oxygens (including phenoxy) is 1. The van der Waals surface area contributed by atoms with Gasteiger partial charge in [-0.15, -0.1) is 0 Å². The molecule has 1 aromatic rings. The van der Waals surface area contributed by atoms with Gasteiger partial charge in [0.05, 0.1) is 6.61 Å². The molecular weight excluding hydrogens is 340 g/mol. The van der Waals surface area contributed by atoms with Gasteiger partial charge in [-0.2, -0.15) is 0 Å². The van der Waals surface area contributed by atoms with Crippen molar-refractivity contribution < 1.29 is 9.53 Å². The molecule has 2 atom stereocenters. The standard InChI is InChI=1S/C21H32N4O2/c1-4-16(2)24-19(26)18-7-5-6-17(12-18)13-23-20(22-3)25-10-8-21(14-25)9-11-27-15-21/h5-7,12,16H,4,8-11,13-15H2,1-3H3,(H,22,23)(H,24,26). The average molecular weight is 373 g/mol. The first-order chi connectivity index (χ1) is 13.0. The van der Waals surface area contributed by atoms with E-state index in [9.17, 15) is 4.79 Å². The SMILES string of the molecule is CCC(C)NC(=O)c1cccc(CNC(=NC)N2CCC3(CCOC3)C2)c1. The first-order valence-electron chi connectivity index (χ1n) is 9.98. The fraction of sp³-hybridized carbons (Fsp3) is 0.619. The Hall–Kier alpha value is -2.08. The minimum atomic E-state index is -0.0155. The van der Waals surface area contributed by atoms with E-state index in [1.165, 1.54) is 6.42 Å². The van der Waals surface area contributed by atoms with Crippen molar-refractivity contribution in [1.29, 1.82) is 0 Å². The maximum Gasteiger partial charge on any atom is 0.251 e. The molecule has 2 unspecified atom stereocenters. The van der Waals surface area contributed by atoms with E-state index in [-0.39, 0.29) is 11.9 Å². The summed E-state index contributed by atoms with van der Waals surface area (Å²) >= 11 is 0. The van der Waals surface area contributed by atoms with E-state index >= 15 is 0 Å². The molecular formula is C21H32N4O2. The molecule has 1 spiro atoms. The van der Waals surface area contributed by atoms with E-state index < -0.39 is 0 Å². The molecule has 3 rings (SSSR count). The summed E-state index contributed by atoms with van der Waals surface area (Å²) in [5, 5.41) is 6.47. The third-order valence-corrected chi connectivity index (χ3v) is 5.76. The Bertz CT molecular complexity index is 683. The molecule has 0 radical (unpaired) electrons. The van der Waals surface area contributed by atoms with Crippen LogP contribution in [0.15, 0.2) is 29.3 Å². The molecule has 0 saturated carbocycles. The topological polar surface area (TPSA) is 66.0 Å². The van der Waals surface area contributed by atoms with E-state index in [4.69, 9.17) is 4.74 Å². The van der Waals surface area contributed by atoms with Gasteiger partial charge in [-0.1, -0.05) is 19.1 Å². The first kappa shape index (κ1) is 19.7. The Morgan fingerprint density at radius 1 is 1.41 bits per heavy atom. The van der Waals surface area contributed by atoms with Gasteiger partial charge in [0.15, 0.2) is 5.96 Å². The van der Waals surface area contributed by atoms with Crippen LogP contribution in [-0.2, 0) is 11.3 Å². The molecule has 6 nitrogen and oxygen atoms in total. The second-order valence-corrected chi connectivity index (χ2v) is 7.86. The van der Waals surface area contributed by atoms with E-state index in [2.05, 4.69) is 27.4 Å². The highest BCUT2D eigenvalue weighted by atomic mass is 16.5. The van der Waals surface area contributed by atoms with Crippen LogP contribution < -0.4 is 10.6 Å². The predicted molar refractivity (Wildman–Crippen MR) is 108 cm³/mol. The molecule has 2 aliphatic heterocycles. The number of carbonyl (C=O) groups excluding carboxylic acids is 1. The van der Waals surface area contributed by atoms with Crippen LogP contribution in [0.1, 0.15) is 49.0 Å². The van der Waals surface area contributed by atoms with Crippen molar-refractivity contribution in [2.24, 2.45) is 10.4 Å². The Morgan fingerprint density at radius 2 is 2.26 bits per heavy atom. The maximum atomic E-state index is 12.3. The van der Waals surface area contributed by atoms with Crippen LogP contribution in [0.2, 0.25) is 0 Å². The molecule has 2 N–H and O–H groups in total. The van der Waals surface area contributed by atoms with Crippen LogP contribution in [0.25, 0.3) is 0 Å². The number of nitrogens with zero attached hydrogens (tertiary/aromatic N) is 2. The zero-order valence-electron chi connectivity index (χ0n) is 16.8. The Kier molecular flexibility index (Phi) is 6.37. The number of aliphatic imine (C=N–C) groups is 1. The van der Waals surface area contributed by atoms with Crippen LogP contribution in [0, 0.1) is 5.41 Å². The normalized spacial score (nSPS) is 23.7. The highest BCUT2D eigenvalue weighted by Gasteiger charge is 2.42. The van der Waals surface area contributed by atoms with Gasteiger partial charge in [-0.25, -0.2) is 0 Å². The Morgan fingerprint density at radius 3 is 2.96 bits per heavy atom. The number of rotatable bonds is 5. The summed E-state index contributed by atoms with van der Waals surface area (Å²) in [6.07, 6.45) is 3.23. The summed E-state index contributed by atoms with van der Waals surface area (Å²) in [6.45, 7) is 8.50. The molecule has 148 valence electrons. The number of hydrogen-bond donors (Lipinski definition) is 2. The highest BCUT2D eigenvalue weighted by molar-refractivity contribution is 5.94. The quantitative estimate of drug-likeness (QED) is 0.615. The molecule has 2 fully saturated rings. The summed E-state index contributed by atoms with van der Waals surface area (Å²) in [6, 6.07) is 7.97. The fourth-order valence-corrected chi connectivity index (χ4v) is 3.83. The largest absolute Gasteiger partial charge is 0.381 e. The minimum absolute atomic E-state index is 0.0155. The molecule has 2 aliphatic rings. The van der Waals surface area contributed by atoms with Crippen LogP contribution in [0.5, 0.6) is 0 Å². The lowest BCUT2D eigenvalue weighted by Crippen LogP contribution is -2.41. The van der Waals surface area contributed by atoms with Gasteiger partial charge in [0.25, 0.3) is 5.91 Å². The van der Waals surface area contributed by atoms with Crippen molar-refractivity contribution in [3.63, 3.8) is 0 Å². The molecule has 0 aromatic heterocycles. The number of guanidine groups is 1. The number of benzene rings is 1. The van der Waals surface area contributed by atoms with Crippen LogP contribution in [-0.4, -0.2) is 56.2 Å². The second-order valence-electron chi connectivity index (χ2n) is 7.86. The molecule has 2 saturated heterocycles. The van der Waals surface area contributed by atoms with Gasteiger partial charge in [0.1, 0.15) is 0 Å². The smallest absolute Gasteiger partial charge is 0.251 e. The van der Waals surface area contributed by atoms with Crippen molar-refractivity contribution in [1.82, 2.24) is 15.5 Å². The van der Waals surface area contributed by atoms with Crippen LogP contribution in [0.3, 0.4) is 0 Å². The zero-order valence-corrected chi connectivity index (χ0v) is 16.8. The average Bonchev–Trinajstić information content (AvgIpc) is 3.32. The van der Waals surface area contributed by atoms with Gasteiger partial charge in [-0.3, -0.25) is 9.79 Å². The minimum Gasteiger partial charge on any atom is -0.381 e. The number of hydrogen-bond acceptors (Lipinski definition) is 3. The van der Waals surface area contributed by atoms with E-state index in [0.29, 0.717) is 17.5 Å². The molecule has 2 heterocycles. The summed E-state index contributed by atoms with van der Waals surface area (Å²) in [7, 11) is 1.83. The summed E-state index contributed by atoms with van der Waals surface area (Å²) in [5.41, 5.74) is 2.09. The van der Waals surface area contributed by atoms with Gasteiger partial charge >= 0.3 is 0 Å². The van der Waals surface area contributed by atoms with Crippen molar-refractivity contribution >= 4 is 11.9 Å². The lowest BCUT2D eigenvalue weighted by molar-refractivity contribution is 0.0939. The lowest BCUT2D eigenvalue weighted by atomic mass is 9.87. The van der Waals surface area contributed by atoms with Crippen LogP contribution in [0.4, 0.5) is 0 Å². The third kappa shape index (κ3) is 4.80. The van der Waals surface area contributed by atoms with Gasteiger partial charge in [-0.05, 0) is 43.9 Å². The van der Waals surface area contributed by atoms with Crippen molar-refractivity contribution in [3.05, 3.63) is 35.4 Å². The maximum absolute atomic E-state index is 12.3. The number of nitrogens with one attached hydrogen (secondary N) is 2. The number of amides is 1. The van der Waals surface area contributed by atoms with E-state index in [0.717, 1.165) is 50.7 Å². The Balaban J connectivity index is 1.57. The van der Waals surface area contributed by atoms with E-state index in [1.807, 2.05) is 38.2 Å². The third-order valence-electron chi connectivity index (χ3n) is 5.76. The highest BCUT2D eigenvalue weighted by Crippen LogP contribution is 2.38. The number of carbonyl (C=O) groups is 1. The molecule has 6 heteroatoms. The van der Waals surface area contributed by atoms with E-state index in [1.54, 1.807) is 0 Å². The van der Waals surface area contributed by atoms with Gasteiger partial charge in [0, 0.05) is 50.3 Å². The van der Waals surface area contributed by atoms with Crippen molar-refractivity contribution in [2.45, 2.75) is 45.7 Å². The summed E-state index contributed by atoms with van der Waals surface area (Å²) in [5.74, 6) is 0.909. The monoisotopic (exact) mass is 372 g/mol. The van der Waals surface area contributed by atoms with Gasteiger partial charge < -0.3 is 20.3 Å². The second kappa shape index (κ2) is 8.74. The molecule has 0 bridgehead atoms. The molecule has 1 amide bonds. The predicted octanol–water partition coefficient (Wildman–Crippen LogP) is 2.40. The van der Waals surface area contributed by atoms with Crippen molar-refractivity contribution in [3.8, 4) is 0 Å². The molecule has 27 heavy (non-hydrogen) atoms. The first-order valence-corrected chi connectivity index (χ1v) is 9.98. The molecule has 1 aromatic carbocycles. The summed E-state index contributed by atoms with van der Waals surface area (Å²) in [4.78, 5) is 19.1. The van der Waals surface area contributed by atoms with Gasteiger partial charge in [0.2, 0.25) is 0 Å². The number of likely N-dealkylation sites (tertiary alicyclic amines) is 1. The van der Waals surface area contributed by atoms with Crippen LogP contribution >= 0.6 is 0 Å². The lowest BCUT2D eigenvalue weighted by Gasteiger charge is -2.25. The Labute approximate surface area is 162 Å². The fourth-order valence-electron chi connectivity index (χ4n) is 3.83. The summed E-state index contributed by atoms with van der Waals surface area (Å²) < 4.78 is 5.62. The van der Waals surface area contributed by atoms with Crippen molar-refractivity contribution in [2.75, 3.05) is 33.4 Å².